The predicted molar refractivity (Wildman–Crippen MR) is 103 cm³/mol. The minimum atomic E-state index is -0.446. The molecule has 2 aliphatic heterocycles. The Morgan fingerprint density at radius 3 is 2.73 bits per heavy atom. The Morgan fingerprint density at radius 1 is 1.35 bits per heavy atom. The van der Waals surface area contributed by atoms with E-state index in [4.69, 9.17) is 0 Å². The summed E-state index contributed by atoms with van der Waals surface area (Å²) in [6, 6.07) is 7.68. The van der Waals surface area contributed by atoms with Crippen molar-refractivity contribution in [1.82, 2.24) is 14.7 Å². The van der Waals surface area contributed by atoms with Crippen molar-refractivity contribution in [3.63, 3.8) is 0 Å². The standard InChI is InChI=1S/C20H30N4O2/c1-5-14(2)18-19(25)21-17-9-7-6-8-15(17)12-24(18)20(26)23-11-10-16(13-23)22(3)4/h6-9,14,16,18H,5,10-13H2,1-4H3,(H,21,25)/t14-,16?,18-/m0/s1. The first kappa shape index (κ1) is 18.7. The number of urea groups is 1. The number of carbonyl (C=O) groups excluding carboxylic acids is 2. The summed E-state index contributed by atoms with van der Waals surface area (Å²) in [6.45, 7) is 6.04. The van der Waals surface area contributed by atoms with E-state index < -0.39 is 6.04 Å². The van der Waals surface area contributed by atoms with Crippen molar-refractivity contribution >= 4 is 17.6 Å². The maximum atomic E-state index is 13.4. The number of nitrogens with zero attached hydrogens (tertiary/aromatic N) is 3. The third-order valence-corrected chi connectivity index (χ3v) is 5.81. The highest BCUT2D eigenvalue weighted by molar-refractivity contribution is 5.98. The van der Waals surface area contributed by atoms with Gasteiger partial charge in [-0.3, -0.25) is 4.79 Å². The lowest BCUT2D eigenvalue weighted by molar-refractivity contribution is -0.122. The number of amides is 3. The van der Waals surface area contributed by atoms with Gasteiger partial charge in [0.15, 0.2) is 0 Å². The molecular formula is C20H30N4O2. The minimum absolute atomic E-state index is 0.0218. The zero-order valence-corrected chi connectivity index (χ0v) is 16.2. The van der Waals surface area contributed by atoms with Crippen LogP contribution in [-0.2, 0) is 11.3 Å². The van der Waals surface area contributed by atoms with Crippen LogP contribution in [0.4, 0.5) is 10.5 Å². The molecule has 142 valence electrons. The van der Waals surface area contributed by atoms with E-state index in [2.05, 4.69) is 31.2 Å². The number of benzene rings is 1. The Hall–Kier alpha value is -2.08. The highest BCUT2D eigenvalue weighted by Crippen LogP contribution is 2.29. The quantitative estimate of drug-likeness (QED) is 0.904. The lowest BCUT2D eigenvalue weighted by atomic mass is 9.97. The van der Waals surface area contributed by atoms with Gasteiger partial charge >= 0.3 is 6.03 Å². The van der Waals surface area contributed by atoms with E-state index in [1.165, 1.54) is 0 Å². The van der Waals surface area contributed by atoms with Gasteiger partial charge in [-0.25, -0.2) is 4.79 Å². The summed E-state index contributed by atoms with van der Waals surface area (Å²) in [4.78, 5) is 32.2. The first-order valence-electron chi connectivity index (χ1n) is 9.53. The fourth-order valence-corrected chi connectivity index (χ4v) is 3.90. The second-order valence-corrected chi connectivity index (χ2v) is 7.74. The molecule has 1 aromatic carbocycles. The molecule has 0 radical (unpaired) electrons. The SMILES string of the molecule is CC[C@H](C)[C@H]1C(=O)Nc2ccccc2CN1C(=O)N1CCC(N(C)C)C1. The second-order valence-electron chi connectivity index (χ2n) is 7.74. The maximum absolute atomic E-state index is 13.4. The van der Waals surface area contributed by atoms with Crippen molar-refractivity contribution in [2.45, 2.75) is 45.3 Å². The number of anilines is 1. The van der Waals surface area contributed by atoms with Crippen molar-refractivity contribution in [3.05, 3.63) is 29.8 Å². The number of likely N-dealkylation sites (N-methyl/N-ethyl adjacent to an activating group) is 1. The van der Waals surface area contributed by atoms with Gasteiger partial charge in [0.25, 0.3) is 0 Å². The molecule has 0 spiro atoms. The average molecular weight is 358 g/mol. The topological polar surface area (TPSA) is 55.9 Å². The third kappa shape index (κ3) is 3.56. The van der Waals surface area contributed by atoms with E-state index in [1.54, 1.807) is 4.90 Å². The summed E-state index contributed by atoms with van der Waals surface area (Å²) in [5.74, 6) is 0.0153. The number of fused-ring (bicyclic) bond motifs is 1. The molecule has 1 aromatic rings. The molecule has 6 heteroatoms. The highest BCUT2D eigenvalue weighted by atomic mass is 16.2. The van der Waals surface area contributed by atoms with Crippen molar-refractivity contribution in [1.29, 1.82) is 0 Å². The van der Waals surface area contributed by atoms with Crippen LogP contribution in [0.15, 0.2) is 24.3 Å². The number of likely N-dealkylation sites (tertiary alicyclic amines) is 1. The molecule has 0 saturated carbocycles. The number of hydrogen-bond donors (Lipinski definition) is 1. The van der Waals surface area contributed by atoms with Gasteiger partial charge in [0, 0.05) is 24.8 Å². The van der Waals surface area contributed by atoms with Crippen LogP contribution in [0.25, 0.3) is 0 Å². The zero-order valence-electron chi connectivity index (χ0n) is 16.2. The van der Waals surface area contributed by atoms with E-state index in [0.717, 1.165) is 37.2 Å². The van der Waals surface area contributed by atoms with E-state index in [1.807, 2.05) is 36.1 Å². The Kier molecular flexibility index (Phi) is 5.51. The molecule has 3 amide bonds. The van der Waals surface area contributed by atoms with Crippen LogP contribution in [-0.4, -0.2) is 65.9 Å². The maximum Gasteiger partial charge on any atom is 0.321 e. The summed E-state index contributed by atoms with van der Waals surface area (Å²) in [7, 11) is 4.10. The van der Waals surface area contributed by atoms with Crippen LogP contribution >= 0.6 is 0 Å². The molecule has 3 rings (SSSR count). The first-order chi connectivity index (χ1) is 12.4. The van der Waals surface area contributed by atoms with Gasteiger partial charge in [0.05, 0.1) is 6.54 Å². The van der Waals surface area contributed by atoms with Crippen molar-refractivity contribution in [2.24, 2.45) is 5.92 Å². The Labute approximate surface area is 156 Å². The van der Waals surface area contributed by atoms with Crippen LogP contribution in [0.2, 0.25) is 0 Å². The summed E-state index contributed by atoms with van der Waals surface area (Å²) in [5, 5.41) is 3.03. The van der Waals surface area contributed by atoms with E-state index in [0.29, 0.717) is 12.6 Å². The largest absolute Gasteiger partial charge is 0.324 e. The number of nitrogens with one attached hydrogen (secondary N) is 1. The van der Waals surface area contributed by atoms with Crippen molar-refractivity contribution in [3.8, 4) is 0 Å². The van der Waals surface area contributed by atoms with Gasteiger partial charge in [-0.1, -0.05) is 38.5 Å². The first-order valence-corrected chi connectivity index (χ1v) is 9.53. The number of carbonyl (C=O) groups is 2. The average Bonchev–Trinajstić information content (AvgIpc) is 3.06. The lowest BCUT2D eigenvalue weighted by Crippen LogP contribution is -2.53. The lowest BCUT2D eigenvalue weighted by Gasteiger charge is -2.35. The molecule has 1 N–H and O–H groups in total. The van der Waals surface area contributed by atoms with Gasteiger partial charge in [0.2, 0.25) is 5.91 Å². The molecule has 1 unspecified atom stereocenters. The zero-order chi connectivity index (χ0) is 18.8. The van der Waals surface area contributed by atoms with Gasteiger partial charge < -0.3 is 20.0 Å². The van der Waals surface area contributed by atoms with Crippen molar-refractivity contribution < 1.29 is 9.59 Å². The molecule has 0 aliphatic carbocycles. The molecule has 0 bridgehead atoms. The van der Waals surface area contributed by atoms with Crippen LogP contribution in [0.5, 0.6) is 0 Å². The fraction of sp³-hybridized carbons (Fsp3) is 0.600. The Morgan fingerprint density at radius 2 is 2.08 bits per heavy atom. The second kappa shape index (κ2) is 7.66. The van der Waals surface area contributed by atoms with Crippen molar-refractivity contribution in [2.75, 3.05) is 32.5 Å². The molecular weight excluding hydrogens is 328 g/mol. The van der Waals surface area contributed by atoms with E-state index in [9.17, 15) is 9.59 Å². The predicted octanol–water partition coefficient (Wildman–Crippen LogP) is 2.61. The highest BCUT2D eigenvalue weighted by Gasteiger charge is 2.40. The molecule has 2 heterocycles. The molecule has 1 fully saturated rings. The van der Waals surface area contributed by atoms with Gasteiger partial charge in [-0.2, -0.15) is 0 Å². The summed E-state index contributed by atoms with van der Waals surface area (Å²) in [6.07, 6.45) is 1.82. The molecule has 6 nitrogen and oxygen atoms in total. The number of hydrogen-bond acceptors (Lipinski definition) is 3. The van der Waals surface area contributed by atoms with Crippen LogP contribution in [0.3, 0.4) is 0 Å². The van der Waals surface area contributed by atoms with E-state index in [-0.39, 0.29) is 17.9 Å². The van der Waals surface area contributed by atoms with Gasteiger partial charge in [-0.15, -0.1) is 0 Å². The molecule has 2 aliphatic rings. The van der Waals surface area contributed by atoms with Crippen LogP contribution in [0.1, 0.15) is 32.3 Å². The van der Waals surface area contributed by atoms with E-state index >= 15 is 0 Å². The molecule has 26 heavy (non-hydrogen) atoms. The summed E-state index contributed by atoms with van der Waals surface area (Å²) >= 11 is 0. The Bertz CT molecular complexity index is 676. The summed E-state index contributed by atoms with van der Waals surface area (Å²) < 4.78 is 0. The van der Waals surface area contributed by atoms with Crippen LogP contribution in [0, 0.1) is 5.92 Å². The van der Waals surface area contributed by atoms with Crippen LogP contribution < -0.4 is 5.32 Å². The third-order valence-electron chi connectivity index (χ3n) is 5.81. The molecule has 3 atom stereocenters. The molecule has 0 aromatic heterocycles. The number of rotatable bonds is 3. The number of para-hydroxylation sites is 1. The smallest absolute Gasteiger partial charge is 0.321 e. The van der Waals surface area contributed by atoms with Gasteiger partial charge in [-0.05, 0) is 38.1 Å². The summed E-state index contributed by atoms with van der Waals surface area (Å²) in [5.41, 5.74) is 1.80. The normalized spacial score (nSPS) is 24.3. The minimum Gasteiger partial charge on any atom is -0.324 e. The van der Waals surface area contributed by atoms with Gasteiger partial charge in [0.1, 0.15) is 6.04 Å². The Balaban J connectivity index is 1.90. The molecule has 1 saturated heterocycles. The fourth-order valence-electron chi connectivity index (χ4n) is 3.90. The monoisotopic (exact) mass is 358 g/mol.